The molecular weight excluding hydrogens is 288 g/mol. The van der Waals surface area contributed by atoms with E-state index in [1.807, 2.05) is 6.92 Å². The maximum absolute atomic E-state index is 12.6. The van der Waals surface area contributed by atoms with Crippen LogP contribution in [0.15, 0.2) is 29.2 Å². The van der Waals surface area contributed by atoms with Crippen molar-refractivity contribution in [3.8, 4) is 0 Å². The van der Waals surface area contributed by atoms with Crippen LogP contribution in [0.2, 0.25) is 0 Å². The number of benzene rings is 1. The zero-order valence-electron chi connectivity index (χ0n) is 12.1. The molecule has 0 aliphatic heterocycles. The fraction of sp³-hybridized carbons (Fsp3) is 0.625. The van der Waals surface area contributed by atoms with Gasteiger partial charge in [0.25, 0.3) is 10.1 Å². The summed E-state index contributed by atoms with van der Waals surface area (Å²) >= 11 is 0. The van der Waals surface area contributed by atoms with Crippen LogP contribution in [0, 0.1) is 18.8 Å². The zero-order valence-corrected chi connectivity index (χ0v) is 12.9. The lowest BCUT2D eigenvalue weighted by molar-refractivity contribution is -0.0922. The van der Waals surface area contributed by atoms with Gasteiger partial charge in [-0.05, 0) is 63.0 Å². The third kappa shape index (κ3) is 1.65. The van der Waals surface area contributed by atoms with Crippen molar-refractivity contribution in [3.63, 3.8) is 0 Å². The highest BCUT2D eigenvalue weighted by Gasteiger charge is 2.74. The molecule has 4 bridgehead atoms. The molecule has 114 valence electrons. The van der Waals surface area contributed by atoms with Crippen LogP contribution in [0.3, 0.4) is 0 Å². The van der Waals surface area contributed by atoms with E-state index in [2.05, 4.69) is 0 Å². The van der Waals surface area contributed by atoms with Crippen LogP contribution in [-0.4, -0.2) is 24.7 Å². The molecule has 3 aliphatic carbocycles. The summed E-state index contributed by atoms with van der Waals surface area (Å²) in [4.78, 5) is 0.181. The average molecular weight is 308 g/mol. The summed E-state index contributed by atoms with van der Waals surface area (Å²) in [5.74, 6) is 0.394. The Kier molecular flexibility index (Phi) is 2.67. The fourth-order valence-corrected chi connectivity index (χ4v) is 6.21. The summed E-state index contributed by atoms with van der Waals surface area (Å²) in [6, 6.07) is 6.69. The first kappa shape index (κ1) is 13.7. The maximum Gasteiger partial charge on any atom is 0.297 e. The number of rotatable bonds is 3. The molecule has 3 saturated carbocycles. The molecule has 1 aromatic carbocycles. The molecule has 0 amide bonds. The molecule has 3 aliphatic rings. The number of hydrogen-bond acceptors (Lipinski definition) is 4. The minimum Gasteiger partial charge on any atom is -0.387 e. The van der Waals surface area contributed by atoms with Gasteiger partial charge in [-0.15, -0.1) is 0 Å². The lowest BCUT2D eigenvalue weighted by Crippen LogP contribution is -2.49. The number of aryl methyl sites for hydroxylation is 1. The zero-order chi connectivity index (χ0) is 14.9. The molecule has 4 rings (SSSR count). The highest BCUT2D eigenvalue weighted by atomic mass is 32.2. The molecule has 0 spiro atoms. The fourth-order valence-electron chi connectivity index (χ4n) is 4.89. The van der Waals surface area contributed by atoms with Gasteiger partial charge >= 0.3 is 0 Å². The highest BCUT2D eigenvalue weighted by molar-refractivity contribution is 7.86. The smallest absolute Gasteiger partial charge is 0.297 e. The van der Waals surface area contributed by atoms with E-state index in [9.17, 15) is 13.5 Å². The van der Waals surface area contributed by atoms with Crippen LogP contribution in [0.25, 0.3) is 0 Å². The molecule has 0 unspecified atom stereocenters. The third-order valence-corrected chi connectivity index (χ3v) is 7.31. The van der Waals surface area contributed by atoms with Crippen molar-refractivity contribution >= 4 is 10.1 Å². The Morgan fingerprint density at radius 3 is 2.43 bits per heavy atom. The van der Waals surface area contributed by atoms with E-state index in [0.717, 1.165) is 24.8 Å². The molecule has 1 N–H and O–H groups in total. The molecule has 3 fully saturated rings. The van der Waals surface area contributed by atoms with Crippen molar-refractivity contribution in [2.24, 2.45) is 11.8 Å². The molecule has 0 saturated heterocycles. The van der Waals surface area contributed by atoms with E-state index in [-0.39, 0.29) is 16.7 Å². The van der Waals surface area contributed by atoms with Crippen molar-refractivity contribution in [3.05, 3.63) is 29.8 Å². The number of aliphatic hydroxyl groups is 1. The Morgan fingerprint density at radius 2 is 1.81 bits per heavy atom. The van der Waals surface area contributed by atoms with Crippen LogP contribution in [0.4, 0.5) is 0 Å². The molecule has 0 heterocycles. The summed E-state index contributed by atoms with van der Waals surface area (Å²) in [5, 5.41) is 11.0. The summed E-state index contributed by atoms with van der Waals surface area (Å²) in [5.41, 5.74) is -0.802. The third-order valence-electron chi connectivity index (χ3n) is 5.94. The Labute approximate surface area is 125 Å². The van der Waals surface area contributed by atoms with Gasteiger partial charge in [-0.3, -0.25) is 4.18 Å². The lowest BCUT2D eigenvalue weighted by atomic mass is 9.84. The van der Waals surface area contributed by atoms with Crippen molar-refractivity contribution in [1.29, 1.82) is 0 Å². The van der Waals surface area contributed by atoms with Gasteiger partial charge in [-0.1, -0.05) is 17.7 Å². The van der Waals surface area contributed by atoms with Gasteiger partial charge in [0, 0.05) is 0 Å². The van der Waals surface area contributed by atoms with Crippen molar-refractivity contribution in [2.75, 3.05) is 0 Å². The van der Waals surface area contributed by atoms with Gasteiger partial charge in [-0.2, -0.15) is 8.42 Å². The first-order valence-electron chi connectivity index (χ1n) is 7.62. The summed E-state index contributed by atoms with van der Waals surface area (Å²) in [6.45, 7) is 1.91. The molecule has 1 aromatic rings. The van der Waals surface area contributed by atoms with Gasteiger partial charge in [0.1, 0.15) is 5.60 Å². The van der Waals surface area contributed by atoms with Gasteiger partial charge in [0.15, 0.2) is 0 Å². The van der Waals surface area contributed by atoms with E-state index < -0.39 is 21.3 Å². The molecule has 0 radical (unpaired) electrons. The Hall–Kier alpha value is -0.910. The summed E-state index contributed by atoms with van der Waals surface area (Å²) < 4.78 is 30.9. The molecular formula is C16H20O4S. The quantitative estimate of drug-likeness (QED) is 0.871. The lowest BCUT2D eigenvalue weighted by Gasteiger charge is -2.35. The van der Waals surface area contributed by atoms with Crippen LogP contribution in [0.5, 0.6) is 0 Å². The molecule has 4 nitrogen and oxygen atoms in total. The monoisotopic (exact) mass is 308 g/mol. The Balaban J connectivity index is 1.71. The van der Waals surface area contributed by atoms with E-state index in [0.29, 0.717) is 12.8 Å². The van der Waals surface area contributed by atoms with Gasteiger partial charge in [-0.25, -0.2) is 0 Å². The first-order chi connectivity index (χ1) is 9.87. The first-order valence-corrected chi connectivity index (χ1v) is 9.03. The summed E-state index contributed by atoms with van der Waals surface area (Å²) in [7, 11) is -3.83. The molecule has 0 aromatic heterocycles. The van der Waals surface area contributed by atoms with Gasteiger partial charge in [0.05, 0.1) is 10.5 Å². The van der Waals surface area contributed by atoms with Gasteiger partial charge in [0.2, 0.25) is 0 Å². The molecule has 5 heteroatoms. The molecule has 21 heavy (non-hydrogen) atoms. The van der Waals surface area contributed by atoms with E-state index in [1.54, 1.807) is 24.3 Å². The molecule has 4 atom stereocenters. The summed E-state index contributed by atoms with van der Waals surface area (Å²) in [6.07, 6.45) is 3.97. The van der Waals surface area contributed by atoms with E-state index >= 15 is 0 Å². The van der Waals surface area contributed by atoms with Crippen molar-refractivity contribution < 1.29 is 17.7 Å². The van der Waals surface area contributed by atoms with E-state index in [1.165, 1.54) is 0 Å². The van der Waals surface area contributed by atoms with Crippen molar-refractivity contribution in [1.82, 2.24) is 0 Å². The highest BCUT2D eigenvalue weighted by Crippen LogP contribution is 2.68. The van der Waals surface area contributed by atoms with Crippen LogP contribution in [0.1, 0.15) is 37.7 Å². The minimum absolute atomic E-state index is 0.181. The Morgan fingerprint density at radius 1 is 1.14 bits per heavy atom. The minimum atomic E-state index is -3.83. The van der Waals surface area contributed by atoms with Crippen LogP contribution >= 0.6 is 0 Å². The number of hydrogen-bond donors (Lipinski definition) is 1. The van der Waals surface area contributed by atoms with E-state index in [4.69, 9.17) is 4.18 Å². The van der Waals surface area contributed by atoms with Gasteiger partial charge < -0.3 is 5.11 Å². The predicted molar refractivity (Wildman–Crippen MR) is 77.2 cm³/mol. The second-order valence-corrected chi connectivity index (χ2v) is 8.42. The second-order valence-electron chi connectivity index (χ2n) is 6.87. The standard InChI is InChI=1S/C16H20O4S/c1-11-2-4-14(5-3-11)21(18,19)20-16-9-7-12-10-13(16)6-8-15(12,16)17/h2-5,12-13,17H,6-10H2,1H3/t12-,13+,15-,16-/m1/s1. The topological polar surface area (TPSA) is 63.6 Å². The van der Waals surface area contributed by atoms with Crippen molar-refractivity contribution in [2.45, 2.75) is 55.1 Å². The average Bonchev–Trinajstić information content (AvgIpc) is 2.94. The second kappa shape index (κ2) is 4.09. The largest absolute Gasteiger partial charge is 0.387 e. The van der Waals surface area contributed by atoms with Crippen LogP contribution in [-0.2, 0) is 14.3 Å². The SMILES string of the molecule is Cc1ccc(S(=O)(=O)O[C@]23CC[C@@H]4C[C@@H]2CC[C@@]43O)cc1. The predicted octanol–water partition coefficient (Wildman–Crippen LogP) is 2.39. The maximum atomic E-state index is 12.6. The van der Waals surface area contributed by atoms with Crippen LogP contribution < -0.4 is 0 Å². The Bertz CT molecular complexity index is 681. The normalized spacial score (nSPS) is 40.9.